The summed E-state index contributed by atoms with van der Waals surface area (Å²) in [4.78, 5) is 23.9. The molecule has 10 heteroatoms. The van der Waals surface area contributed by atoms with Crippen molar-refractivity contribution in [2.24, 2.45) is 5.73 Å². The van der Waals surface area contributed by atoms with Gasteiger partial charge in [0.05, 0.1) is 16.2 Å². The highest BCUT2D eigenvalue weighted by Crippen LogP contribution is 2.55. The number of aromatic amines is 1. The number of H-pyrrole nitrogens is 1. The Kier molecular flexibility index (Phi) is 3.44. The van der Waals surface area contributed by atoms with E-state index < -0.39 is 16.2 Å². The van der Waals surface area contributed by atoms with E-state index >= 15 is 0 Å². The van der Waals surface area contributed by atoms with Crippen molar-refractivity contribution < 1.29 is 14.5 Å². The molecule has 2 aliphatic heterocycles. The van der Waals surface area contributed by atoms with Gasteiger partial charge in [-0.05, 0) is 18.2 Å². The third-order valence-corrected chi connectivity index (χ3v) is 5.33. The molecule has 0 saturated carbocycles. The van der Waals surface area contributed by atoms with Crippen LogP contribution in [0, 0.1) is 21.4 Å². The molecule has 30 heavy (non-hydrogen) atoms. The summed E-state index contributed by atoms with van der Waals surface area (Å²) in [6.45, 7) is 0. The summed E-state index contributed by atoms with van der Waals surface area (Å²) in [6, 6.07) is 14.8. The van der Waals surface area contributed by atoms with Crippen molar-refractivity contribution in [3.8, 4) is 23.2 Å². The zero-order chi connectivity index (χ0) is 21.0. The molecule has 0 unspecified atom stereocenters. The van der Waals surface area contributed by atoms with Gasteiger partial charge in [0.1, 0.15) is 17.1 Å². The van der Waals surface area contributed by atoms with Crippen molar-refractivity contribution in [3.63, 3.8) is 0 Å². The molecule has 0 radical (unpaired) electrons. The maximum absolute atomic E-state index is 13.4. The van der Waals surface area contributed by atoms with Gasteiger partial charge in [0.2, 0.25) is 17.7 Å². The number of carbonyl (C=O) groups is 1. The lowest BCUT2D eigenvalue weighted by molar-refractivity contribution is -0.384. The lowest BCUT2D eigenvalue weighted by atomic mass is 9.68. The molecule has 1 aromatic heterocycles. The van der Waals surface area contributed by atoms with Gasteiger partial charge in [-0.1, -0.05) is 18.2 Å². The van der Waals surface area contributed by atoms with Crippen molar-refractivity contribution in [1.29, 1.82) is 5.26 Å². The number of nitrogens with two attached hydrogens (primary N) is 1. The van der Waals surface area contributed by atoms with Crippen LogP contribution < -0.4 is 15.8 Å². The van der Waals surface area contributed by atoms with Gasteiger partial charge in [-0.25, -0.2) is 0 Å². The van der Waals surface area contributed by atoms with Crippen LogP contribution >= 0.6 is 0 Å². The van der Waals surface area contributed by atoms with Crippen LogP contribution in [0.1, 0.15) is 11.1 Å². The molecule has 1 atom stereocenters. The van der Waals surface area contributed by atoms with Gasteiger partial charge in [-0.2, -0.15) is 5.26 Å². The van der Waals surface area contributed by atoms with Crippen LogP contribution in [0.15, 0.2) is 60.0 Å². The number of nitro groups is 1. The minimum Gasteiger partial charge on any atom is -0.420 e. The number of para-hydroxylation sites is 1. The second-order valence-corrected chi connectivity index (χ2v) is 6.79. The Bertz CT molecular complexity index is 1320. The number of nitro benzene ring substituents is 1. The van der Waals surface area contributed by atoms with E-state index in [0.29, 0.717) is 28.1 Å². The molecule has 1 amide bonds. The minimum absolute atomic E-state index is 0.0537. The number of benzene rings is 2. The average Bonchev–Trinajstić information content (AvgIpc) is 3.28. The minimum atomic E-state index is -1.56. The van der Waals surface area contributed by atoms with E-state index in [4.69, 9.17) is 10.5 Å². The average molecular weight is 400 g/mol. The molecule has 0 fully saturated rings. The fourth-order valence-electron chi connectivity index (χ4n) is 4.06. The van der Waals surface area contributed by atoms with Crippen LogP contribution in [0.5, 0.6) is 5.88 Å². The standard InChI is InChI=1S/C20H12N6O4/c21-9-13-17(22)30-18-15(20(13)12-3-1-2-4-14(12)23-19(20)27)16(24-25-18)10-5-7-11(8-6-10)26(28)29/h1-8H,22H2,(H,23,27)(H,24,25)/t20-/m0/s1. The molecule has 146 valence electrons. The third-order valence-electron chi connectivity index (χ3n) is 5.33. The van der Waals surface area contributed by atoms with Gasteiger partial charge in [0, 0.05) is 28.9 Å². The first-order valence-electron chi connectivity index (χ1n) is 8.81. The van der Waals surface area contributed by atoms with Gasteiger partial charge in [-0.15, -0.1) is 5.10 Å². The van der Waals surface area contributed by atoms with Crippen molar-refractivity contribution >= 4 is 17.3 Å². The van der Waals surface area contributed by atoms with E-state index in [1.54, 1.807) is 24.3 Å². The lowest BCUT2D eigenvalue weighted by Crippen LogP contribution is -2.42. The Morgan fingerprint density at radius 2 is 1.93 bits per heavy atom. The summed E-state index contributed by atoms with van der Waals surface area (Å²) in [6.07, 6.45) is 0. The monoisotopic (exact) mass is 400 g/mol. The predicted octanol–water partition coefficient (Wildman–Crippen LogP) is 2.31. The summed E-state index contributed by atoms with van der Waals surface area (Å²) in [5.74, 6) is -0.609. The van der Waals surface area contributed by atoms with Crippen molar-refractivity contribution in [2.75, 3.05) is 5.32 Å². The highest BCUT2D eigenvalue weighted by Gasteiger charge is 2.58. The number of rotatable bonds is 2. The van der Waals surface area contributed by atoms with Crippen LogP contribution in [-0.2, 0) is 10.2 Å². The molecule has 5 rings (SSSR count). The zero-order valence-electron chi connectivity index (χ0n) is 15.2. The molecule has 0 aliphatic carbocycles. The lowest BCUT2D eigenvalue weighted by Gasteiger charge is -2.31. The smallest absolute Gasteiger partial charge is 0.269 e. The van der Waals surface area contributed by atoms with E-state index in [1.807, 2.05) is 6.07 Å². The normalized spacial score (nSPS) is 19.0. The largest absolute Gasteiger partial charge is 0.420 e. The molecule has 4 N–H and O–H groups in total. The maximum Gasteiger partial charge on any atom is 0.269 e. The first-order valence-corrected chi connectivity index (χ1v) is 8.81. The van der Waals surface area contributed by atoms with Crippen molar-refractivity contribution in [3.05, 3.63) is 81.2 Å². The Hall–Kier alpha value is -4.65. The van der Waals surface area contributed by atoms with E-state index in [2.05, 4.69) is 15.5 Å². The highest BCUT2D eigenvalue weighted by molar-refractivity contribution is 6.13. The number of nitrogens with one attached hydrogen (secondary N) is 2. The van der Waals surface area contributed by atoms with Gasteiger partial charge in [-0.3, -0.25) is 20.0 Å². The van der Waals surface area contributed by atoms with Gasteiger partial charge >= 0.3 is 0 Å². The number of non-ortho nitro benzene ring substituents is 1. The van der Waals surface area contributed by atoms with Gasteiger partial charge < -0.3 is 15.8 Å². The number of carbonyl (C=O) groups excluding carboxylic acids is 1. The first kappa shape index (κ1) is 17.4. The van der Waals surface area contributed by atoms with Gasteiger partial charge in [0.25, 0.3) is 5.69 Å². The Morgan fingerprint density at radius 3 is 2.63 bits per heavy atom. The van der Waals surface area contributed by atoms with Crippen LogP contribution in [0.25, 0.3) is 11.3 Å². The molecule has 3 aromatic rings. The van der Waals surface area contributed by atoms with Crippen LogP contribution in [0.2, 0.25) is 0 Å². The molecule has 0 bridgehead atoms. The second kappa shape index (κ2) is 5.92. The molecule has 1 spiro atoms. The first-order chi connectivity index (χ1) is 14.5. The summed E-state index contributed by atoms with van der Waals surface area (Å²) in [5.41, 5.74) is 6.66. The SMILES string of the molecule is N#CC1=C(N)Oc2n[nH]c(-c3ccc([N+](=O)[O-])cc3)c2[C@@]12C(=O)Nc1ccccc12. The molecule has 10 nitrogen and oxygen atoms in total. The number of amides is 1. The maximum atomic E-state index is 13.4. The predicted molar refractivity (Wildman–Crippen MR) is 104 cm³/mol. The van der Waals surface area contributed by atoms with E-state index in [9.17, 15) is 20.2 Å². The van der Waals surface area contributed by atoms with Crippen molar-refractivity contribution in [1.82, 2.24) is 10.2 Å². The topological polar surface area (TPSA) is 160 Å². The number of ether oxygens (including phenoxy) is 1. The van der Waals surface area contributed by atoms with Gasteiger partial charge in [0.15, 0.2) is 0 Å². The summed E-state index contributed by atoms with van der Waals surface area (Å²) in [7, 11) is 0. The molecule has 3 heterocycles. The quantitative estimate of drug-likeness (QED) is 0.439. The number of fused-ring (bicyclic) bond motifs is 4. The number of hydrogen-bond donors (Lipinski definition) is 3. The summed E-state index contributed by atoms with van der Waals surface area (Å²) >= 11 is 0. The molecule has 2 aromatic carbocycles. The van der Waals surface area contributed by atoms with Crippen LogP contribution in [0.3, 0.4) is 0 Å². The molecule has 0 saturated heterocycles. The fourth-order valence-corrected chi connectivity index (χ4v) is 4.06. The number of anilines is 1. The van der Waals surface area contributed by atoms with Crippen LogP contribution in [-0.4, -0.2) is 21.0 Å². The number of aromatic nitrogens is 2. The molecule has 2 aliphatic rings. The summed E-state index contributed by atoms with van der Waals surface area (Å²) < 4.78 is 5.55. The second-order valence-electron chi connectivity index (χ2n) is 6.79. The third kappa shape index (κ3) is 2.05. The highest BCUT2D eigenvalue weighted by atomic mass is 16.6. The van der Waals surface area contributed by atoms with E-state index in [1.165, 1.54) is 24.3 Å². The molecular formula is C20H12N6O4. The fraction of sp³-hybridized carbons (Fsp3) is 0.0500. The number of hydrogen-bond acceptors (Lipinski definition) is 7. The van der Waals surface area contributed by atoms with E-state index in [0.717, 1.165) is 0 Å². The number of nitriles is 1. The zero-order valence-corrected chi connectivity index (χ0v) is 15.2. The Morgan fingerprint density at radius 1 is 1.20 bits per heavy atom. The number of nitrogens with zero attached hydrogens (tertiary/aromatic N) is 3. The summed E-state index contributed by atoms with van der Waals surface area (Å²) in [5, 5.41) is 30.7. The van der Waals surface area contributed by atoms with Crippen molar-refractivity contribution in [2.45, 2.75) is 5.41 Å². The van der Waals surface area contributed by atoms with E-state index in [-0.39, 0.29) is 23.0 Å². The Labute approximate surface area is 168 Å². The van der Waals surface area contributed by atoms with Crippen LogP contribution in [0.4, 0.5) is 11.4 Å². The Balaban J connectivity index is 1.83. The molecular weight excluding hydrogens is 388 g/mol.